The summed E-state index contributed by atoms with van der Waals surface area (Å²) >= 11 is 5.50. The molecule has 0 amide bonds. The summed E-state index contributed by atoms with van der Waals surface area (Å²) in [4.78, 5) is 17.1. The Morgan fingerprint density at radius 2 is 1.00 bits per heavy atom. The van der Waals surface area contributed by atoms with Crippen LogP contribution in [0.5, 0.6) is 11.5 Å². The highest BCUT2D eigenvalue weighted by molar-refractivity contribution is 8.19. The molecule has 0 aliphatic rings. The Kier molecular flexibility index (Phi) is 22.3. The molecular formula is C49H82O3S3. The van der Waals surface area contributed by atoms with Crippen molar-refractivity contribution in [3.8, 4) is 11.5 Å². The Bertz CT molecular complexity index is 1390. The van der Waals surface area contributed by atoms with Crippen molar-refractivity contribution < 1.29 is 14.6 Å². The first-order valence-corrected chi connectivity index (χ1v) is 24.7. The fourth-order valence-corrected chi connectivity index (χ4v) is 11.8. The number of ether oxygens (including phenoxy) is 1. The lowest BCUT2D eigenvalue weighted by atomic mass is 9.86. The second-order valence-electron chi connectivity index (χ2n) is 18.3. The lowest BCUT2D eigenvalue weighted by molar-refractivity contribution is -0.134. The monoisotopic (exact) mass is 815 g/mol. The van der Waals surface area contributed by atoms with Crippen LogP contribution in [0.3, 0.4) is 0 Å². The molecule has 2 aromatic rings. The standard InChI is InChI=1S/C49H82O3S3/c1-14-18-20-22-24-26-28-30-38(16-3)54-49(13,55-39(17-4)31-29-27-25-23-21-19-15-2)46(51)52-43-33-37(6)45(35-41(43)48(10,11)12)53-44-34-40(47(7,8)9)42(50)32-36(44)5/h32-35,38-39,50H,14-31H2,1-13H3. The van der Waals surface area contributed by atoms with E-state index in [9.17, 15) is 9.90 Å². The summed E-state index contributed by atoms with van der Waals surface area (Å²) in [5, 5.41) is 11.6. The minimum Gasteiger partial charge on any atom is -0.508 e. The van der Waals surface area contributed by atoms with Crippen molar-refractivity contribution in [2.45, 2.75) is 241 Å². The molecule has 0 aromatic heterocycles. The van der Waals surface area contributed by atoms with Crippen molar-refractivity contribution in [2.24, 2.45) is 0 Å². The Morgan fingerprint density at radius 1 is 0.600 bits per heavy atom. The van der Waals surface area contributed by atoms with E-state index < -0.39 is 4.08 Å². The molecule has 0 heterocycles. The topological polar surface area (TPSA) is 46.5 Å². The number of carbonyl (C=O) groups excluding carboxylic acids is 1. The number of phenols is 1. The number of hydrogen-bond acceptors (Lipinski definition) is 6. The molecule has 6 heteroatoms. The lowest BCUT2D eigenvalue weighted by Crippen LogP contribution is -2.37. The van der Waals surface area contributed by atoms with Crippen molar-refractivity contribution in [2.75, 3.05) is 0 Å². The lowest BCUT2D eigenvalue weighted by Gasteiger charge is -2.34. The Balaban J connectivity index is 2.41. The number of carbonyl (C=O) groups is 1. The van der Waals surface area contributed by atoms with Crippen molar-refractivity contribution in [1.82, 2.24) is 0 Å². The van der Waals surface area contributed by atoms with E-state index in [1.807, 2.05) is 29.6 Å². The summed E-state index contributed by atoms with van der Waals surface area (Å²) in [6.45, 7) is 28.5. The van der Waals surface area contributed by atoms with Crippen LogP contribution >= 0.6 is 35.3 Å². The van der Waals surface area contributed by atoms with E-state index in [1.165, 1.54) is 89.9 Å². The van der Waals surface area contributed by atoms with E-state index >= 15 is 0 Å². The maximum Gasteiger partial charge on any atom is 0.337 e. The molecule has 3 nitrogen and oxygen atoms in total. The van der Waals surface area contributed by atoms with E-state index in [1.54, 1.807) is 11.8 Å². The molecule has 0 bridgehead atoms. The third-order valence-electron chi connectivity index (χ3n) is 10.9. The van der Waals surface area contributed by atoms with Crippen molar-refractivity contribution in [3.63, 3.8) is 0 Å². The summed E-state index contributed by atoms with van der Waals surface area (Å²) in [5.41, 5.74) is 3.73. The van der Waals surface area contributed by atoms with Gasteiger partial charge >= 0.3 is 5.97 Å². The minimum atomic E-state index is -0.702. The van der Waals surface area contributed by atoms with Crippen LogP contribution in [0.4, 0.5) is 0 Å². The molecule has 1 N–H and O–H groups in total. The SMILES string of the molecule is CCCCCCCCCC(CC)SC(C)(SC(CC)CCCCCCCCC)C(=O)Oc1cc(C)c(Sc2cc(C(C)(C)C)c(O)cc2C)cc1C(C)(C)C. The number of benzene rings is 2. The number of unbranched alkanes of at least 4 members (excludes halogenated alkanes) is 12. The van der Waals surface area contributed by atoms with E-state index in [0.717, 1.165) is 57.7 Å². The van der Waals surface area contributed by atoms with Crippen LogP contribution in [-0.4, -0.2) is 25.7 Å². The summed E-state index contributed by atoms with van der Waals surface area (Å²) < 4.78 is 5.95. The summed E-state index contributed by atoms with van der Waals surface area (Å²) in [5.74, 6) is 0.917. The molecule has 0 spiro atoms. The van der Waals surface area contributed by atoms with Gasteiger partial charge in [-0.05, 0) is 92.7 Å². The normalized spacial score (nSPS) is 14.5. The first kappa shape index (κ1) is 49.9. The second kappa shape index (κ2) is 24.6. The molecule has 2 atom stereocenters. The average Bonchev–Trinajstić information content (AvgIpc) is 3.10. The average molecular weight is 815 g/mol. The first-order chi connectivity index (χ1) is 25.9. The summed E-state index contributed by atoms with van der Waals surface area (Å²) in [6.07, 6.45) is 22.7. The second-order valence-corrected chi connectivity index (χ2v) is 23.1. The molecule has 55 heavy (non-hydrogen) atoms. The third-order valence-corrected chi connectivity index (χ3v) is 15.9. The van der Waals surface area contributed by atoms with E-state index in [-0.39, 0.29) is 16.8 Å². The zero-order valence-corrected chi connectivity index (χ0v) is 40.1. The number of thioether (sulfide) groups is 2. The van der Waals surface area contributed by atoms with E-state index in [0.29, 0.717) is 22.0 Å². The molecule has 0 fully saturated rings. The van der Waals surface area contributed by atoms with E-state index in [4.69, 9.17) is 4.74 Å². The van der Waals surface area contributed by atoms with Gasteiger partial charge in [0.05, 0.1) is 0 Å². The zero-order valence-electron chi connectivity index (χ0n) is 37.7. The smallest absolute Gasteiger partial charge is 0.337 e. The highest BCUT2D eigenvalue weighted by Crippen LogP contribution is 2.48. The fourth-order valence-electron chi connectivity index (χ4n) is 7.25. The largest absolute Gasteiger partial charge is 0.508 e. The van der Waals surface area contributed by atoms with Gasteiger partial charge in [-0.3, -0.25) is 0 Å². The molecule has 2 unspecified atom stereocenters. The number of phenolic OH excluding ortho intramolecular Hbond substituents is 1. The number of aryl methyl sites for hydroxylation is 2. The van der Waals surface area contributed by atoms with Gasteiger partial charge in [-0.25, -0.2) is 4.79 Å². The predicted octanol–water partition coefficient (Wildman–Crippen LogP) is 16.7. The first-order valence-electron chi connectivity index (χ1n) is 22.1. The van der Waals surface area contributed by atoms with Crippen LogP contribution in [0.25, 0.3) is 0 Å². The Labute approximate surface area is 352 Å². The molecule has 0 saturated carbocycles. The third kappa shape index (κ3) is 17.3. The van der Waals surface area contributed by atoms with Crippen molar-refractivity contribution in [3.05, 3.63) is 46.5 Å². The number of hydrogen-bond donors (Lipinski definition) is 1. The van der Waals surface area contributed by atoms with Gasteiger partial charge in [-0.2, -0.15) is 0 Å². The zero-order chi connectivity index (χ0) is 41.2. The van der Waals surface area contributed by atoms with Crippen LogP contribution in [0.15, 0.2) is 34.1 Å². The molecule has 314 valence electrons. The summed E-state index contributed by atoms with van der Waals surface area (Å²) in [7, 11) is 0. The molecular weight excluding hydrogens is 733 g/mol. The highest BCUT2D eigenvalue weighted by Gasteiger charge is 2.41. The van der Waals surface area contributed by atoms with Gasteiger partial charge in [0.15, 0.2) is 4.08 Å². The van der Waals surface area contributed by atoms with Gasteiger partial charge in [0.25, 0.3) is 0 Å². The van der Waals surface area contributed by atoms with E-state index in [2.05, 4.69) is 108 Å². The number of aromatic hydroxyl groups is 1. The molecule has 0 radical (unpaired) electrons. The molecule has 2 aromatic carbocycles. The van der Waals surface area contributed by atoms with Gasteiger partial charge in [-0.15, -0.1) is 23.5 Å². The quantitative estimate of drug-likeness (QED) is 0.0442. The molecule has 0 saturated heterocycles. The number of rotatable bonds is 26. The van der Waals surface area contributed by atoms with Gasteiger partial charge in [0.1, 0.15) is 11.5 Å². The van der Waals surface area contributed by atoms with Crippen LogP contribution in [0.1, 0.15) is 214 Å². The Hall–Kier alpha value is -1.24. The van der Waals surface area contributed by atoms with Crippen molar-refractivity contribution in [1.29, 1.82) is 0 Å². The van der Waals surface area contributed by atoms with Gasteiger partial charge in [0, 0.05) is 31.4 Å². The molecule has 0 aliphatic carbocycles. The van der Waals surface area contributed by atoms with Gasteiger partial charge in [-0.1, -0.05) is 171 Å². The maximum atomic E-state index is 14.8. The van der Waals surface area contributed by atoms with Crippen LogP contribution in [-0.2, 0) is 15.6 Å². The Morgan fingerprint density at radius 3 is 1.42 bits per heavy atom. The van der Waals surface area contributed by atoms with Crippen LogP contribution in [0, 0.1) is 13.8 Å². The molecule has 0 aliphatic heterocycles. The van der Waals surface area contributed by atoms with Gasteiger partial charge in [0.2, 0.25) is 0 Å². The van der Waals surface area contributed by atoms with Crippen molar-refractivity contribution >= 4 is 41.3 Å². The number of esters is 1. The fraction of sp³-hybridized carbons (Fsp3) is 0.735. The highest BCUT2D eigenvalue weighted by atomic mass is 32.2. The van der Waals surface area contributed by atoms with Crippen LogP contribution in [0.2, 0.25) is 0 Å². The predicted molar refractivity (Wildman–Crippen MR) is 248 cm³/mol. The molecule has 2 rings (SSSR count). The van der Waals surface area contributed by atoms with Crippen LogP contribution < -0.4 is 4.74 Å². The van der Waals surface area contributed by atoms with Gasteiger partial charge < -0.3 is 9.84 Å². The summed E-state index contributed by atoms with van der Waals surface area (Å²) in [6, 6.07) is 8.38. The maximum absolute atomic E-state index is 14.8. The minimum absolute atomic E-state index is 0.118.